The summed E-state index contributed by atoms with van der Waals surface area (Å²) in [7, 11) is 0. The molecule has 0 aromatic rings. The highest BCUT2D eigenvalue weighted by atomic mass is 16.6. The van der Waals surface area contributed by atoms with Crippen molar-refractivity contribution in [3.05, 3.63) is 23.3 Å². The molecule has 1 aliphatic heterocycles. The van der Waals surface area contributed by atoms with Gasteiger partial charge in [0.2, 0.25) is 0 Å². The molecule has 0 aromatic carbocycles. The van der Waals surface area contributed by atoms with Crippen molar-refractivity contribution in [2.75, 3.05) is 13.2 Å². The lowest BCUT2D eigenvalue weighted by molar-refractivity contribution is -0.159. The van der Waals surface area contributed by atoms with Crippen LogP contribution in [-0.4, -0.2) is 42.7 Å². The van der Waals surface area contributed by atoms with Gasteiger partial charge >= 0.3 is 11.9 Å². The van der Waals surface area contributed by atoms with Crippen LogP contribution in [0.15, 0.2) is 23.3 Å². The number of ether oxygens (including phenoxy) is 3. The summed E-state index contributed by atoms with van der Waals surface area (Å²) in [6.45, 7) is 5.32. The third-order valence-electron chi connectivity index (χ3n) is 2.31. The van der Waals surface area contributed by atoms with E-state index >= 15 is 0 Å². The van der Waals surface area contributed by atoms with E-state index < -0.39 is 18.2 Å². The summed E-state index contributed by atoms with van der Waals surface area (Å²) in [6, 6.07) is 0. The third-order valence-corrected chi connectivity index (χ3v) is 2.31. The predicted molar refractivity (Wildman–Crippen MR) is 66.0 cm³/mol. The Morgan fingerprint density at radius 1 is 1.32 bits per heavy atom. The first-order valence-electron chi connectivity index (χ1n) is 5.93. The lowest BCUT2D eigenvalue weighted by Crippen LogP contribution is -2.14. The Labute approximate surface area is 111 Å². The van der Waals surface area contributed by atoms with E-state index in [1.165, 1.54) is 26.0 Å². The SMILES string of the molecule is C/C(=C\C=C(/C)C(=O)OC(C)O)C(=O)OCC1CO1. The maximum Gasteiger partial charge on any atom is 0.336 e. The van der Waals surface area contributed by atoms with Gasteiger partial charge in [0.15, 0.2) is 6.29 Å². The molecule has 0 spiro atoms. The molecule has 1 aliphatic rings. The zero-order valence-corrected chi connectivity index (χ0v) is 11.2. The lowest BCUT2D eigenvalue weighted by Gasteiger charge is -2.06. The van der Waals surface area contributed by atoms with Crippen molar-refractivity contribution in [1.82, 2.24) is 0 Å². The van der Waals surface area contributed by atoms with Crippen LogP contribution in [0.2, 0.25) is 0 Å². The van der Waals surface area contributed by atoms with Crippen LogP contribution < -0.4 is 0 Å². The van der Waals surface area contributed by atoms with Crippen molar-refractivity contribution in [3.8, 4) is 0 Å². The fourth-order valence-corrected chi connectivity index (χ4v) is 1.08. The minimum absolute atomic E-state index is 0.0232. The van der Waals surface area contributed by atoms with Crippen LogP contribution in [0, 0.1) is 0 Å². The summed E-state index contributed by atoms with van der Waals surface area (Å²) in [4.78, 5) is 22.9. The number of hydrogen-bond donors (Lipinski definition) is 1. The van der Waals surface area contributed by atoms with Gasteiger partial charge in [-0.3, -0.25) is 0 Å². The largest absolute Gasteiger partial charge is 0.459 e. The second-order valence-corrected chi connectivity index (χ2v) is 4.26. The standard InChI is InChI=1S/C13H18O6/c1-8(12(15)18-7-11-6-17-11)4-5-9(2)13(16)19-10(3)14/h4-5,10-11,14H,6-7H2,1-3H3/b8-4+,9-5+. The van der Waals surface area contributed by atoms with Crippen LogP contribution in [0.3, 0.4) is 0 Å². The van der Waals surface area contributed by atoms with Crippen molar-refractivity contribution in [2.45, 2.75) is 33.2 Å². The van der Waals surface area contributed by atoms with Crippen molar-refractivity contribution >= 4 is 11.9 Å². The van der Waals surface area contributed by atoms with E-state index in [1.54, 1.807) is 6.92 Å². The molecule has 2 unspecified atom stereocenters. The van der Waals surface area contributed by atoms with E-state index in [-0.39, 0.29) is 18.3 Å². The van der Waals surface area contributed by atoms with E-state index in [0.717, 1.165) is 0 Å². The highest BCUT2D eigenvalue weighted by Crippen LogP contribution is 2.10. The topological polar surface area (TPSA) is 85.4 Å². The van der Waals surface area contributed by atoms with Crippen LogP contribution in [0.25, 0.3) is 0 Å². The van der Waals surface area contributed by atoms with Gasteiger partial charge in [-0.2, -0.15) is 0 Å². The molecule has 19 heavy (non-hydrogen) atoms. The van der Waals surface area contributed by atoms with E-state index in [0.29, 0.717) is 12.2 Å². The number of rotatable bonds is 6. The summed E-state index contributed by atoms with van der Waals surface area (Å²) in [5.41, 5.74) is 0.642. The number of aliphatic hydroxyl groups excluding tert-OH is 1. The zero-order valence-electron chi connectivity index (χ0n) is 11.2. The van der Waals surface area contributed by atoms with Crippen LogP contribution >= 0.6 is 0 Å². The molecule has 106 valence electrons. The van der Waals surface area contributed by atoms with Crippen molar-refractivity contribution < 1.29 is 28.9 Å². The molecule has 6 nitrogen and oxygen atoms in total. The van der Waals surface area contributed by atoms with Gasteiger partial charge in [-0.25, -0.2) is 9.59 Å². The normalized spacial score (nSPS) is 20.7. The van der Waals surface area contributed by atoms with Gasteiger partial charge in [0.25, 0.3) is 0 Å². The molecule has 0 aliphatic carbocycles. The van der Waals surface area contributed by atoms with Gasteiger partial charge in [0.05, 0.1) is 6.61 Å². The first kappa shape index (κ1) is 15.4. The first-order chi connectivity index (χ1) is 8.90. The molecule has 0 radical (unpaired) electrons. The Bertz CT molecular complexity index is 403. The van der Waals surface area contributed by atoms with Crippen LogP contribution in [0.4, 0.5) is 0 Å². The molecule has 1 rings (SSSR count). The highest BCUT2D eigenvalue weighted by Gasteiger charge is 2.24. The molecule has 0 aromatic heterocycles. The molecular weight excluding hydrogens is 252 g/mol. The maximum atomic E-state index is 11.5. The number of aliphatic hydroxyl groups is 1. The number of carbonyl (C=O) groups is 2. The minimum Gasteiger partial charge on any atom is -0.459 e. The molecule has 1 heterocycles. The summed E-state index contributed by atoms with van der Waals surface area (Å²) in [5.74, 6) is -1.10. The summed E-state index contributed by atoms with van der Waals surface area (Å²) in [6.07, 6.45) is 1.77. The quantitative estimate of drug-likeness (QED) is 0.251. The van der Waals surface area contributed by atoms with Crippen molar-refractivity contribution in [2.24, 2.45) is 0 Å². The predicted octanol–water partition coefficient (Wildman–Crippen LogP) is 0.702. The Kier molecular flexibility index (Phi) is 5.72. The Morgan fingerprint density at radius 3 is 2.32 bits per heavy atom. The van der Waals surface area contributed by atoms with Crippen molar-refractivity contribution in [3.63, 3.8) is 0 Å². The highest BCUT2D eigenvalue weighted by molar-refractivity contribution is 5.90. The van der Waals surface area contributed by atoms with Crippen molar-refractivity contribution in [1.29, 1.82) is 0 Å². The fourth-order valence-electron chi connectivity index (χ4n) is 1.08. The second-order valence-electron chi connectivity index (χ2n) is 4.26. The number of esters is 2. The smallest absolute Gasteiger partial charge is 0.336 e. The Morgan fingerprint density at radius 2 is 1.84 bits per heavy atom. The van der Waals surface area contributed by atoms with Gasteiger partial charge in [-0.05, 0) is 20.8 Å². The molecule has 6 heteroatoms. The molecular formula is C13H18O6. The van der Waals surface area contributed by atoms with E-state index in [2.05, 4.69) is 4.74 Å². The van der Waals surface area contributed by atoms with Crippen LogP contribution in [0.1, 0.15) is 20.8 Å². The van der Waals surface area contributed by atoms with Crippen LogP contribution in [0.5, 0.6) is 0 Å². The van der Waals surface area contributed by atoms with Gasteiger partial charge in [-0.15, -0.1) is 0 Å². The number of carbonyl (C=O) groups excluding carboxylic acids is 2. The van der Waals surface area contributed by atoms with Crippen LogP contribution in [-0.2, 0) is 23.8 Å². The summed E-state index contributed by atoms with van der Waals surface area (Å²) < 4.78 is 14.5. The third kappa shape index (κ3) is 6.17. The molecule has 0 saturated carbocycles. The minimum atomic E-state index is -1.16. The van der Waals surface area contributed by atoms with E-state index in [1.807, 2.05) is 0 Å². The molecule has 0 amide bonds. The first-order valence-corrected chi connectivity index (χ1v) is 5.93. The lowest BCUT2D eigenvalue weighted by atomic mass is 10.2. The van der Waals surface area contributed by atoms with E-state index in [4.69, 9.17) is 14.6 Å². The summed E-state index contributed by atoms with van der Waals surface area (Å²) in [5, 5.41) is 8.89. The summed E-state index contributed by atoms with van der Waals surface area (Å²) >= 11 is 0. The number of hydrogen-bond acceptors (Lipinski definition) is 6. The molecule has 1 N–H and O–H groups in total. The van der Waals surface area contributed by atoms with Gasteiger partial charge in [0.1, 0.15) is 12.7 Å². The zero-order chi connectivity index (χ0) is 14.4. The number of allylic oxidation sites excluding steroid dienone is 2. The average molecular weight is 270 g/mol. The van der Waals surface area contributed by atoms with E-state index in [9.17, 15) is 9.59 Å². The maximum absolute atomic E-state index is 11.5. The Balaban J connectivity index is 2.46. The average Bonchev–Trinajstić information content (AvgIpc) is 3.15. The molecule has 2 atom stereocenters. The van der Waals surface area contributed by atoms with Gasteiger partial charge in [-0.1, -0.05) is 12.2 Å². The van der Waals surface area contributed by atoms with Gasteiger partial charge in [0, 0.05) is 11.1 Å². The monoisotopic (exact) mass is 270 g/mol. The molecule has 0 bridgehead atoms. The molecule has 1 fully saturated rings. The van der Waals surface area contributed by atoms with Gasteiger partial charge < -0.3 is 19.3 Å². The Hall–Kier alpha value is -1.66. The number of epoxide rings is 1. The molecule has 1 saturated heterocycles. The second kappa shape index (κ2) is 7.06. The fraction of sp³-hybridized carbons (Fsp3) is 0.538.